The molecule has 0 spiro atoms. The van der Waals surface area contributed by atoms with Gasteiger partial charge in [0.1, 0.15) is 11.5 Å². The average molecular weight is 402 g/mol. The summed E-state index contributed by atoms with van der Waals surface area (Å²) in [6, 6.07) is 9.77. The number of nitrogens with zero attached hydrogens (tertiary/aromatic N) is 2. The Hall–Kier alpha value is -3.48. The fraction of sp³-hybridized carbons (Fsp3) is 0.304. The molecule has 7 rings (SSSR count). The maximum absolute atomic E-state index is 12.9. The van der Waals surface area contributed by atoms with Crippen LogP contribution in [-0.4, -0.2) is 34.1 Å². The molecule has 7 heteroatoms. The minimum Gasteiger partial charge on any atom is -0.478 e. The van der Waals surface area contributed by atoms with Crippen LogP contribution in [0.25, 0.3) is 11.3 Å². The molecule has 0 radical (unpaired) electrons. The number of hydrazone groups is 1. The van der Waals surface area contributed by atoms with Gasteiger partial charge in [0.25, 0.3) is 11.8 Å². The molecule has 1 N–H and O–H groups in total. The maximum atomic E-state index is 12.9. The first-order valence-electron chi connectivity index (χ1n) is 10.1. The third kappa shape index (κ3) is 2.38. The van der Waals surface area contributed by atoms with Crippen molar-refractivity contribution in [1.82, 2.24) is 5.01 Å². The number of hydrogen-bond donors (Lipinski definition) is 1. The van der Waals surface area contributed by atoms with Crippen LogP contribution in [0.15, 0.2) is 58.1 Å². The van der Waals surface area contributed by atoms with Gasteiger partial charge in [-0.2, -0.15) is 10.1 Å². The summed E-state index contributed by atoms with van der Waals surface area (Å²) in [7, 11) is 0. The highest BCUT2D eigenvalue weighted by atomic mass is 16.4. The summed E-state index contributed by atoms with van der Waals surface area (Å²) >= 11 is 0. The van der Waals surface area contributed by atoms with E-state index in [0.29, 0.717) is 23.4 Å². The molecule has 7 nitrogen and oxygen atoms in total. The molecule has 150 valence electrons. The number of allylic oxidation sites excluding steroid dienone is 2. The minimum atomic E-state index is -0.990. The van der Waals surface area contributed by atoms with Crippen LogP contribution in [0.5, 0.6) is 0 Å². The lowest BCUT2D eigenvalue weighted by atomic mass is 9.63. The zero-order valence-corrected chi connectivity index (χ0v) is 15.8. The van der Waals surface area contributed by atoms with Crippen LogP contribution in [0.2, 0.25) is 0 Å². The van der Waals surface area contributed by atoms with E-state index in [1.165, 1.54) is 18.3 Å². The Bertz CT molecular complexity index is 1110. The zero-order chi connectivity index (χ0) is 20.6. The number of carboxylic acids is 1. The van der Waals surface area contributed by atoms with E-state index in [1.54, 1.807) is 24.3 Å². The van der Waals surface area contributed by atoms with E-state index in [1.807, 2.05) is 0 Å². The Kier molecular flexibility index (Phi) is 3.48. The number of amides is 2. The Morgan fingerprint density at radius 2 is 1.63 bits per heavy atom. The summed E-state index contributed by atoms with van der Waals surface area (Å²) in [5.41, 5.74) is 0.918. The second-order valence-corrected chi connectivity index (χ2v) is 8.47. The number of imide groups is 1. The van der Waals surface area contributed by atoms with Crippen LogP contribution in [0.1, 0.15) is 22.5 Å². The largest absolute Gasteiger partial charge is 0.478 e. The summed E-state index contributed by atoms with van der Waals surface area (Å²) in [5.74, 6) is 0.469. The van der Waals surface area contributed by atoms with Gasteiger partial charge in [0.15, 0.2) is 0 Å². The summed E-state index contributed by atoms with van der Waals surface area (Å²) in [6.45, 7) is 0. The lowest BCUT2D eigenvalue weighted by Crippen LogP contribution is -2.40. The van der Waals surface area contributed by atoms with Crippen molar-refractivity contribution in [3.05, 3.63) is 59.9 Å². The van der Waals surface area contributed by atoms with Crippen LogP contribution < -0.4 is 0 Å². The first kappa shape index (κ1) is 17.4. The molecule has 2 saturated carbocycles. The third-order valence-electron chi connectivity index (χ3n) is 6.98. The van der Waals surface area contributed by atoms with Gasteiger partial charge >= 0.3 is 5.97 Å². The maximum Gasteiger partial charge on any atom is 0.335 e. The van der Waals surface area contributed by atoms with Crippen molar-refractivity contribution < 1.29 is 23.9 Å². The predicted octanol–water partition coefficient (Wildman–Crippen LogP) is 3.03. The molecular weight excluding hydrogens is 384 g/mol. The number of furan rings is 1. The summed E-state index contributed by atoms with van der Waals surface area (Å²) in [4.78, 5) is 36.8. The van der Waals surface area contributed by atoms with Gasteiger partial charge in [-0.05, 0) is 54.4 Å². The zero-order valence-electron chi connectivity index (χ0n) is 15.8. The SMILES string of the molecule is O=C(O)c1ccc(-c2ccc(C=NN3C(=O)[C@@H]4[C@H]5C=C[C@@H]([C@@H]6C[C@H]56)[C@H]4C3=O)o2)cc1. The van der Waals surface area contributed by atoms with Gasteiger partial charge in [0.2, 0.25) is 0 Å². The topological polar surface area (TPSA) is 100 Å². The van der Waals surface area contributed by atoms with Crippen molar-refractivity contribution in [2.75, 3.05) is 0 Å². The molecule has 2 aromatic rings. The number of benzene rings is 1. The average Bonchev–Trinajstić information content (AvgIpc) is 3.39. The van der Waals surface area contributed by atoms with Crippen molar-refractivity contribution in [3.8, 4) is 11.3 Å². The van der Waals surface area contributed by atoms with Crippen LogP contribution in [0.3, 0.4) is 0 Å². The minimum absolute atomic E-state index is 0.172. The smallest absolute Gasteiger partial charge is 0.335 e. The Labute approximate surface area is 171 Å². The second kappa shape index (κ2) is 6.01. The number of carbonyl (C=O) groups excluding carboxylic acids is 2. The highest BCUT2D eigenvalue weighted by Crippen LogP contribution is 2.65. The van der Waals surface area contributed by atoms with E-state index in [-0.39, 0.29) is 41.0 Å². The van der Waals surface area contributed by atoms with Gasteiger partial charge in [-0.1, -0.05) is 24.3 Å². The number of carbonyl (C=O) groups is 3. The van der Waals surface area contributed by atoms with E-state index in [9.17, 15) is 14.4 Å². The van der Waals surface area contributed by atoms with Crippen LogP contribution in [-0.2, 0) is 9.59 Å². The van der Waals surface area contributed by atoms with Gasteiger partial charge in [-0.25, -0.2) is 4.79 Å². The first-order chi connectivity index (χ1) is 14.5. The van der Waals surface area contributed by atoms with E-state index in [2.05, 4.69) is 17.3 Å². The molecule has 1 aliphatic heterocycles. The molecule has 2 amide bonds. The van der Waals surface area contributed by atoms with E-state index in [0.717, 1.165) is 17.0 Å². The lowest BCUT2D eigenvalue weighted by molar-refractivity contribution is -0.140. The van der Waals surface area contributed by atoms with Crippen molar-refractivity contribution >= 4 is 24.0 Å². The van der Waals surface area contributed by atoms with Gasteiger partial charge in [-0.15, -0.1) is 0 Å². The molecule has 2 heterocycles. The number of carboxylic acid groups (broad SMARTS) is 1. The molecule has 5 aliphatic rings. The summed E-state index contributed by atoms with van der Waals surface area (Å²) < 4.78 is 5.74. The molecule has 1 aromatic heterocycles. The van der Waals surface area contributed by atoms with Gasteiger partial charge in [-0.3, -0.25) is 9.59 Å². The van der Waals surface area contributed by atoms with E-state index >= 15 is 0 Å². The van der Waals surface area contributed by atoms with Crippen molar-refractivity contribution in [1.29, 1.82) is 0 Å². The lowest BCUT2D eigenvalue weighted by Gasteiger charge is -2.37. The molecule has 4 aliphatic carbocycles. The third-order valence-corrected chi connectivity index (χ3v) is 6.98. The fourth-order valence-corrected chi connectivity index (χ4v) is 5.52. The van der Waals surface area contributed by atoms with Crippen molar-refractivity contribution in [2.24, 2.45) is 40.6 Å². The van der Waals surface area contributed by atoms with E-state index < -0.39 is 5.97 Å². The van der Waals surface area contributed by atoms with Crippen molar-refractivity contribution in [2.45, 2.75) is 6.42 Å². The summed E-state index contributed by atoms with van der Waals surface area (Å²) in [5, 5.41) is 14.2. The fourth-order valence-electron chi connectivity index (χ4n) is 5.52. The first-order valence-corrected chi connectivity index (χ1v) is 10.1. The number of rotatable bonds is 4. The standard InChI is InChI=1S/C23H18N2O5/c26-21-19-14-6-7-15(17-9-16(14)17)20(19)22(27)25(21)24-10-13-5-8-18(30-13)11-1-3-12(4-2-11)23(28)29/h1-8,10,14-17,19-20H,9H2,(H,28,29)/t14-,15-,16-,17+,19+,20+/m0/s1. The Morgan fingerprint density at radius 1 is 1.00 bits per heavy atom. The van der Waals surface area contributed by atoms with Gasteiger partial charge < -0.3 is 9.52 Å². The van der Waals surface area contributed by atoms with E-state index in [4.69, 9.17) is 9.52 Å². The molecular formula is C23H18N2O5. The quantitative estimate of drug-likeness (QED) is 0.481. The Morgan fingerprint density at radius 3 is 2.23 bits per heavy atom. The molecule has 2 bridgehead atoms. The van der Waals surface area contributed by atoms with Gasteiger partial charge in [0, 0.05) is 5.56 Å². The molecule has 6 atom stereocenters. The normalized spacial score (nSPS) is 33.3. The molecule has 0 unspecified atom stereocenters. The second-order valence-electron chi connectivity index (χ2n) is 8.47. The highest BCUT2D eigenvalue weighted by Gasteiger charge is 2.67. The van der Waals surface area contributed by atoms with Crippen molar-refractivity contribution in [3.63, 3.8) is 0 Å². The predicted molar refractivity (Wildman–Crippen MR) is 105 cm³/mol. The molecule has 1 saturated heterocycles. The highest BCUT2D eigenvalue weighted by molar-refractivity contribution is 6.06. The monoisotopic (exact) mass is 402 g/mol. The molecule has 30 heavy (non-hydrogen) atoms. The van der Waals surface area contributed by atoms with Crippen LogP contribution >= 0.6 is 0 Å². The number of hydrogen-bond acceptors (Lipinski definition) is 5. The number of aromatic carboxylic acids is 1. The van der Waals surface area contributed by atoms with Crippen LogP contribution in [0.4, 0.5) is 0 Å². The molecule has 1 aromatic carbocycles. The molecule has 3 fully saturated rings. The Balaban J connectivity index is 1.22. The van der Waals surface area contributed by atoms with Gasteiger partial charge in [0.05, 0.1) is 23.6 Å². The summed E-state index contributed by atoms with van der Waals surface area (Å²) in [6.07, 6.45) is 6.78. The van der Waals surface area contributed by atoms with Crippen LogP contribution in [0, 0.1) is 35.5 Å².